The lowest BCUT2D eigenvalue weighted by Crippen LogP contribution is -2.35. The monoisotopic (exact) mass is 418 g/mol. The fourth-order valence-electron chi connectivity index (χ4n) is 4.09. The average molecular weight is 418 g/mol. The van der Waals surface area contributed by atoms with Gasteiger partial charge in [-0.2, -0.15) is 5.10 Å². The molecular weight excluding hydrogens is 392 g/mol. The number of carbonyl (C=O) groups is 1. The lowest BCUT2D eigenvalue weighted by atomic mass is 10.0. The zero-order chi connectivity index (χ0) is 21.4. The first-order valence-electron chi connectivity index (χ1n) is 10.7. The number of carbonyl (C=O) groups excluding carboxylic acids is 1. The van der Waals surface area contributed by atoms with Gasteiger partial charge in [0, 0.05) is 37.8 Å². The van der Waals surface area contributed by atoms with E-state index in [1.807, 2.05) is 11.0 Å². The van der Waals surface area contributed by atoms with E-state index in [-0.39, 0.29) is 12.7 Å². The summed E-state index contributed by atoms with van der Waals surface area (Å²) in [4.78, 5) is 17.2. The lowest BCUT2D eigenvalue weighted by Gasteiger charge is -2.22. The van der Waals surface area contributed by atoms with Gasteiger partial charge in [0.05, 0.1) is 5.69 Å². The number of anilines is 1. The zero-order valence-electron chi connectivity index (χ0n) is 17.9. The number of fused-ring (bicyclic) bond motifs is 1. The Bertz CT molecular complexity index is 1120. The van der Waals surface area contributed by atoms with Gasteiger partial charge in [0.15, 0.2) is 17.3 Å². The third-order valence-corrected chi connectivity index (χ3v) is 6.11. The van der Waals surface area contributed by atoms with Crippen molar-refractivity contribution in [3.05, 3.63) is 59.2 Å². The molecule has 0 saturated carbocycles. The Kier molecular flexibility index (Phi) is 5.02. The van der Waals surface area contributed by atoms with Crippen molar-refractivity contribution in [2.75, 3.05) is 37.9 Å². The minimum absolute atomic E-state index is 0.0259. The van der Waals surface area contributed by atoms with Crippen LogP contribution in [0.2, 0.25) is 0 Å². The van der Waals surface area contributed by atoms with Crippen LogP contribution in [-0.2, 0) is 0 Å². The molecule has 0 unspecified atom stereocenters. The summed E-state index contributed by atoms with van der Waals surface area (Å²) >= 11 is 0. The quantitative estimate of drug-likeness (QED) is 0.701. The molecule has 7 nitrogen and oxygen atoms in total. The summed E-state index contributed by atoms with van der Waals surface area (Å²) < 4.78 is 10.8. The third-order valence-electron chi connectivity index (χ3n) is 6.11. The Morgan fingerprint density at radius 3 is 2.68 bits per heavy atom. The van der Waals surface area contributed by atoms with E-state index in [1.165, 1.54) is 11.1 Å². The van der Waals surface area contributed by atoms with Gasteiger partial charge in [-0.05, 0) is 61.2 Å². The maximum atomic E-state index is 13.0. The second kappa shape index (κ2) is 7.98. The van der Waals surface area contributed by atoms with Crippen molar-refractivity contribution in [1.29, 1.82) is 0 Å². The summed E-state index contributed by atoms with van der Waals surface area (Å²) in [5.74, 6) is 2.28. The molecule has 7 heteroatoms. The number of hydrogen-bond acceptors (Lipinski definition) is 5. The van der Waals surface area contributed by atoms with Crippen molar-refractivity contribution in [2.45, 2.75) is 20.3 Å². The standard InChI is InChI=1S/C24H26N4O3/c1-16-4-5-18(12-17(16)2)20-14-23(26-25-20)27-8-3-9-28(11-10-27)24(29)19-6-7-21-22(13-19)31-15-30-21/h4-7,12-14H,3,8-11,15H2,1-2H3,(H,25,26). The van der Waals surface area contributed by atoms with Gasteiger partial charge >= 0.3 is 0 Å². The highest BCUT2D eigenvalue weighted by Gasteiger charge is 2.23. The van der Waals surface area contributed by atoms with Crippen molar-refractivity contribution in [2.24, 2.45) is 0 Å². The topological polar surface area (TPSA) is 70.7 Å². The smallest absolute Gasteiger partial charge is 0.254 e. The molecule has 0 aliphatic carbocycles. The molecule has 160 valence electrons. The highest BCUT2D eigenvalue weighted by molar-refractivity contribution is 5.95. The molecule has 1 N–H and O–H groups in total. The van der Waals surface area contributed by atoms with E-state index in [2.05, 4.69) is 53.2 Å². The minimum atomic E-state index is 0.0259. The Morgan fingerprint density at radius 2 is 1.81 bits per heavy atom. The maximum Gasteiger partial charge on any atom is 0.254 e. The first kappa shape index (κ1) is 19.5. The fraction of sp³-hybridized carbons (Fsp3) is 0.333. The second-order valence-electron chi connectivity index (χ2n) is 8.14. The molecule has 0 bridgehead atoms. The van der Waals surface area contributed by atoms with Gasteiger partial charge in [0.1, 0.15) is 0 Å². The molecule has 0 spiro atoms. The van der Waals surface area contributed by atoms with Crippen LogP contribution in [0.3, 0.4) is 0 Å². The number of rotatable bonds is 3. The predicted molar refractivity (Wildman–Crippen MR) is 119 cm³/mol. The molecule has 1 aromatic heterocycles. The number of nitrogens with one attached hydrogen (secondary N) is 1. The molecule has 2 aromatic carbocycles. The van der Waals surface area contributed by atoms with Gasteiger partial charge in [-0.3, -0.25) is 9.89 Å². The molecule has 2 aliphatic rings. The lowest BCUT2D eigenvalue weighted by molar-refractivity contribution is 0.0766. The number of hydrogen-bond donors (Lipinski definition) is 1. The highest BCUT2D eigenvalue weighted by Crippen LogP contribution is 2.33. The van der Waals surface area contributed by atoms with Crippen LogP contribution in [0.15, 0.2) is 42.5 Å². The van der Waals surface area contributed by atoms with Gasteiger partial charge in [-0.15, -0.1) is 0 Å². The number of nitrogens with zero attached hydrogens (tertiary/aromatic N) is 3. The van der Waals surface area contributed by atoms with Crippen LogP contribution in [0.25, 0.3) is 11.3 Å². The van der Waals surface area contributed by atoms with Crippen LogP contribution in [0.4, 0.5) is 5.82 Å². The SMILES string of the molecule is Cc1ccc(-c2cc(N3CCCN(C(=O)c4ccc5c(c4)OCO5)CC3)n[nH]2)cc1C. The molecule has 1 fully saturated rings. The third kappa shape index (κ3) is 3.83. The fourth-order valence-corrected chi connectivity index (χ4v) is 4.09. The number of aromatic amines is 1. The normalized spacial score (nSPS) is 15.8. The molecule has 3 heterocycles. The Morgan fingerprint density at radius 1 is 0.935 bits per heavy atom. The Balaban J connectivity index is 1.27. The molecule has 3 aromatic rings. The van der Waals surface area contributed by atoms with E-state index in [4.69, 9.17) is 9.47 Å². The molecule has 1 saturated heterocycles. The number of ether oxygens (including phenoxy) is 2. The van der Waals surface area contributed by atoms with Crippen LogP contribution in [-0.4, -0.2) is 54.0 Å². The molecule has 31 heavy (non-hydrogen) atoms. The van der Waals surface area contributed by atoms with E-state index < -0.39 is 0 Å². The molecular formula is C24H26N4O3. The first-order valence-corrected chi connectivity index (χ1v) is 10.7. The maximum absolute atomic E-state index is 13.0. The summed E-state index contributed by atoms with van der Waals surface area (Å²) in [6.45, 7) is 7.43. The molecule has 5 rings (SSSR count). The summed E-state index contributed by atoms with van der Waals surface area (Å²) in [5.41, 5.74) is 5.32. The summed E-state index contributed by atoms with van der Waals surface area (Å²) in [7, 11) is 0. The minimum Gasteiger partial charge on any atom is -0.454 e. The second-order valence-corrected chi connectivity index (χ2v) is 8.14. The molecule has 0 atom stereocenters. The average Bonchev–Trinajstić information content (AvgIpc) is 3.39. The van der Waals surface area contributed by atoms with Crippen molar-refractivity contribution in [3.8, 4) is 22.8 Å². The number of H-pyrrole nitrogens is 1. The van der Waals surface area contributed by atoms with Crippen LogP contribution >= 0.6 is 0 Å². The van der Waals surface area contributed by atoms with E-state index in [9.17, 15) is 4.79 Å². The number of aromatic nitrogens is 2. The summed E-state index contributed by atoms with van der Waals surface area (Å²) in [6.07, 6.45) is 0.891. The van der Waals surface area contributed by atoms with Gasteiger partial charge in [-0.1, -0.05) is 12.1 Å². The zero-order valence-corrected chi connectivity index (χ0v) is 17.9. The van der Waals surface area contributed by atoms with Gasteiger partial charge in [0.25, 0.3) is 5.91 Å². The molecule has 1 amide bonds. The van der Waals surface area contributed by atoms with Crippen LogP contribution in [0.5, 0.6) is 11.5 Å². The number of aryl methyl sites for hydroxylation is 2. The predicted octanol–water partition coefficient (Wildman–Crippen LogP) is 3.77. The Labute approximate surface area is 181 Å². The summed E-state index contributed by atoms with van der Waals surface area (Å²) in [6, 6.07) is 13.9. The molecule has 2 aliphatic heterocycles. The van der Waals surface area contributed by atoms with Crippen molar-refractivity contribution < 1.29 is 14.3 Å². The largest absolute Gasteiger partial charge is 0.454 e. The van der Waals surface area contributed by atoms with Crippen LogP contribution in [0.1, 0.15) is 27.9 Å². The van der Waals surface area contributed by atoms with Gasteiger partial charge in [0.2, 0.25) is 6.79 Å². The number of amides is 1. The van der Waals surface area contributed by atoms with E-state index in [0.717, 1.165) is 43.1 Å². The van der Waals surface area contributed by atoms with Gasteiger partial charge < -0.3 is 19.3 Å². The van der Waals surface area contributed by atoms with Crippen molar-refractivity contribution >= 4 is 11.7 Å². The van der Waals surface area contributed by atoms with Gasteiger partial charge in [-0.25, -0.2) is 0 Å². The molecule has 0 radical (unpaired) electrons. The Hall–Kier alpha value is -3.48. The van der Waals surface area contributed by atoms with Crippen molar-refractivity contribution in [1.82, 2.24) is 15.1 Å². The van der Waals surface area contributed by atoms with E-state index >= 15 is 0 Å². The van der Waals surface area contributed by atoms with E-state index in [0.29, 0.717) is 23.6 Å². The van der Waals surface area contributed by atoms with Crippen molar-refractivity contribution in [3.63, 3.8) is 0 Å². The number of benzene rings is 2. The summed E-state index contributed by atoms with van der Waals surface area (Å²) in [5, 5.41) is 7.72. The highest BCUT2D eigenvalue weighted by atomic mass is 16.7. The van der Waals surface area contributed by atoms with E-state index in [1.54, 1.807) is 12.1 Å². The first-order chi connectivity index (χ1) is 15.1. The van der Waals surface area contributed by atoms with Crippen LogP contribution in [0, 0.1) is 13.8 Å². The van der Waals surface area contributed by atoms with Crippen LogP contribution < -0.4 is 14.4 Å².